The smallest absolute Gasteiger partial charge is 0.306 e. The van der Waals surface area contributed by atoms with E-state index in [2.05, 4.69) is 46.8 Å². The van der Waals surface area contributed by atoms with Gasteiger partial charge in [-0.2, -0.15) is 0 Å². The van der Waals surface area contributed by atoms with Crippen molar-refractivity contribution in [1.82, 2.24) is 0 Å². The number of carbonyl (C=O) groups is 1. The first kappa shape index (κ1) is 33.2. The standard InChI is InChI=1S/C32H62O2/c1-6-8-9-10-11-12-13-14-15-16-17-18-19-20-21-22-23-24-25-28-31(33)34-32(4,5)29-26-27-30(3)7-2/h14-15,30H,6-13,16-29H2,1-5H3/b15-14-. The normalized spacial score (nSPS) is 13.0. The molecular weight excluding hydrogens is 416 g/mol. The lowest BCUT2D eigenvalue weighted by Crippen LogP contribution is -2.28. The van der Waals surface area contributed by atoms with E-state index in [1.54, 1.807) is 0 Å². The first-order chi connectivity index (χ1) is 16.4. The fourth-order valence-corrected chi connectivity index (χ4v) is 4.54. The van der Waals surface area contributed by atoms with E-state index in [-0.39, 0.29) is 11.6 Å². The topological polar surface area (TPSA) is 26.3 Å². The third-order valence-corrected chi connectivity index (χ3v) is 7.21. The van der Waals surface area contributed by atoms with E-state index in [1.165, 1.54) is 109 Å². The highest BCUT2D eigenvalue weighted by atomic mass is 16.6. The van der Waals surface area contributed by atoms with E-state index in [0.717, 1.165) is 31.6 Å². The van der Waals surface area contributed by atoms with E-state index in [1.807, 2.05) is 0 Å². The maximum atomic E-state index is 12.2. The van der Waals surface area contributed by atoms with Crippen LogP contribution < -0.4 is 0 Å². The van der Waals surface area contributed by atoms with Crippen molar-refractivity contribution in [3.8, 4) is 0 Å². The van der Waals surface area contributed by atoms with E-state index >= 15 is 0 Å². The minimum atomic E-state index is -0.311. The summed E-state index contributed by atoms with van der Waals surface area (Å²) in [6.45, 7) is 11.0. The Kier molecular flexibility index (Phi) is 23.4. The Morgan fingerprint density at radius 2 is 1.18 bits per heavy atom. The Hall–Kier alpha value is -0.790. The number of ether oxygens (including phenoxy) is 1. The van der Waals surface area contributed by atoms with Crippen molar-refractivity contribution in [2.45, 2.75) is 181 Å². The lowest BCUT2D eigenvalue weighted by molar-refractivity contribution is -0.157. The van der Waals surface area contributed by atoms with Gasteiger partial charge >= 0.3 is 5.97 Å². The average Bonchev–Trinajstić information content (AvgIpc) is 2.80. The number of hydrogen-bond acceptors (Lipinski definition) is 2. The van der Waals surface area contributed by atoms with Crippen LogP contribution in [0.15, 0.2) is 12.2 Å². The van der Waals surface area contributed by atoms with Crippen LogP contribution in [0.5, 0.6) is 0 Å². The van der Waals surface area contributed by atoms with Crippen LogP contribution in [-0.2, 0) is 9.53 Å². The summed E-state index contributed by atoms with van der Waals surface area (Å²) in [5.41, 5.74) is -0.311. The zero-order chi connectivity index (χ0) is 25.3. The Morgan fingerprint density at radius 3 is 1.68 bits per heavy atom. The fourth-order valence-electron chi connectivity index (χ4n) is 4.54. The summed E-state index contributed by atoms with van der Waals surface area (Å²) in [6, 6.07) is 0. The molecule has 2 heteroatoms. The van der Waals surface area contributed by atoms with E-state index in [9.17, 15) is 4.79 Å². The zero-order valence-corrected chi connectivity index (χ0v) is 24.1. The largest absolute Gasteiger partial charge is 0.460 e. The molecule has 0 saturated carbocycles. The van der Waals surface area contributed by atoms with Gasteiger partial charge in [-0.05, 0) is 64.7 Å². The van der Waals surface area contributed by atoms with Gasteiger partial charge in [-0.3, -0.25) is 4.79 Å². The molecule has 0 fully saturated rings. The number of hydrogen-bond donors (Lipinski definition) is 0. The van der Waals surface area contributed by atoms with Crippen LogP contribution >= 0.6 is 0 Å². The quantitative estimate of drug-likeness (QED) is 0.0740. The van der Waals surface area contributed by atoms with Gasteiger partial charge in [0.1, 0.15) is 5.60 Å². The summed E-state index contributed by atoms with van der Waals surface area (Å²) < 4.78 is 5.75. The molecule has 0 amide bonds. The third-order valence-electron chi connectivity index (χ3n) is 7.21. The minimum Gasteiger partial charge on any atom is -0.460 e. The Labute approximate surface area is 215 Å². The molecule has 0 bridgehead atoms. The molecule has 0 aromatic carbocycles. The summed E-state index contributed by atoms with van der Waals surface area (Å²) in [6.07, 6.45) is 32.4. The molecule has 0 radical (unpaired) electrons. The predicted molar refractivity (Wildman–Crippen MR) is 151 cm³/mol. The van der Waals surface area contributed by atoms with Gasteiger partial charge in [0, 0.05) is 6.42 Å². The van der Waals surface area contributed by atoms with E-state index in [4.69, 9.17) is 4.74 Å². The van der Waals surface area contributed by atoms with Crippen molar-refractivity contribution in [2.24, 2.45) is 5.92 Å². The van der Waals surface area contributed by atoms with Gasteiger partial charge in [0.05, 0.1) is 0 Å². The molecule has 0 aliphatic carbocycles. The van der Waals surface area contributed by atoms with Gasteiger partial charge in [-0.25, -0.2) is 0 Å². The maximum absolute atomic E-state index is 12.2. The third kappa shape index (κ3) is 24.3. The minimum absolute atomic E-state index is 0.00503. The van der Waals surface area contributed by atoms with Gasteiger partial charge < -0.3 is 4.74 Å². The maximum Gasteiger partial charge on any atom is 0.306 e. The van der Waals surface area contributed by atoms with Crippen LogP contribution in [0.4, 0.5) is 0 Å². The second-order valence-corrected chi connectivity index (χ2v) is 11.4. The summed E-state index contributed by atoms with van der Waals surface area (Å²) >= 11 is 0. The molecule has 0 saturated heterocycles. The fraction of sp³-hybridized carbons (Fsp3) is 0.906. The highest BCUT2D eigenvalue weighted by molar-refractivity contribution is 5.69. The molecule has 0 aromatic rings. The molecule has 0 rings (SSSR count). The Balaban J connectivity index is 3.41. The Morgan fingerprint density at radius 1 is 0.706 bits per heavy atom. The molecule has 0 spiro atoms. The van der Waals surface area contributed by atoms with Gasteiger partial charge in [-0.15, -0.1) is 0 Å². The molecular formula is C32H62O2. The lowest BCUT2D eigenvalue weighted by Gasteiger charge is -2.25. The van der Waals surface area contributed by atoms with Crippen molar-refractivity contribution in [3.05, 3.63) is 12.2 Å². The first-order valence-electron chi connectivity index (χ1n) is 15.3. The van der Waals surface area contributed by atoms with Crippen molar-refractivity contribution in [2.75, 3.05) is 0 Å². The van der Waals surface area contributed by atoms with Crippen LogP contribution in [0, 0.1) is 5.92 Å². The monoisotopic (exact) mass is 478 g/mol. The van der Waals surface area contributed by atoms with Crippen molar-refractivity contribution in [1.29, 1.82) is 0 Å². The molecule has 1 unspecified atom stereocenters. The SMILES string of the molecule is CCCCCCCC/C=C\CCCCCCCCCCCC(=O)OC(C)(C)CCCC(C)CC. The molecule has 2 nitrogen and oxygen atoms in total. The van der Waals surface area contributed by atoms with E-state index in [0.29, 0.717) is 6.42 Å². The summed E-state index contributed by atoms with van der Waals surface area (Å²) in [4.78, 5) is 12.2. The summed E-state index contributed by atoms with van der Waals surface area (Å²) in [5, 5.41) is 0. The average molecular weight is 479 g/mol. The van der Waals surface area contributed by atoms with Crippen LogP contribution in [0.25, 0.3) is 0 Å². The number of carbonyl (C=O) groups excluding carboxylic acids is 1. The number of rotatable bonds is 25. The number of esters is 1. The van der Waals surface area contributed by atoms with Crippen molar-refractivity contribution < 1.29 is 9.53 Å². The van der Waals surface area contributed by atoms with Gasteiger partial charge in [0.25, 0.3) is 0 Å². The molecule has 0 aliphatic rings. The van der Waals surface area contributed by atoms with Gasteiger partial charge in [-0.1, -0.05) is 123 Å². The predicted octanol–water partition coefficient (Wildman–Crippen LogP) is 11.1. The molecule has 0 N–H and O–H groups in total. The highest BCUT2D eigenvalue weighted by Gasteiger charge is 2.22. The van der Waals surface area contributed by atoms with Gasteiger partial charge in [0.2, 0.25) is 0 Å². The van der Waals surface area contributed by atoms with Crippen molar-refractivity contribution >= 4 is 5.97 Å². The second kappa shape index (κ2) is 23.9. The molecule has 34 heavy (non-hydrogen) atoms. The molecule has 0 heterocycles. The first-order valence-corrected chi connectivity index (χ1v) is 15.3. The lowest BCUT2D eigenvalue weighted by atomic mass is 9.95. The molecule has 202 valence electrons. The van der Waals surface area contributed by atoms with Crippen LogP contribution in [-0.4, -0.2) is 11.6 Å². The second-order valence-electron chi connectivity index (χ2n) is 11.4. The van der Waals surface area contributed by atoms with E-state index < -0.39 is 0 Å². The molecule has 0 aromatic heterocycles. The number of allylic oxidation sites excluding steroid dienone is 2. The van der Waals surface area contributed by atoms with Gasteiger partial charge in [0.15, 0.2) is 0 Å². The van der Waals surface area contributed by atoms with Crippen LogP contribution in [0.3, 0.4) is 0 Å². The summed E-state index contributed by atoms with van der Waals surface area (Å²) in [7, 11) is 0. The molecule has 1 atom stereocenters. The molecule has 0 aliphatic heterocycles. The Bertz CT molecular complexity index is 466. The van der Waals surface area contributed by atoms with Crippen LogP contribution in [0.2, 0.25) is 0 Å². The zero-order valence-electron chi connectivity index (χ0n) is 24.1. The highest BCUT2D eigenvalue weighted by Crippen LogP contribution is 2.22. The summed E-state index contributed by atoms with van der Waals surface area (Å²) in [5.74, 6) is 0.766. The number of unbranched alkanes of at least 4 members (excludes halogenated alkanes) is 15. The van der Waals surface area contributed by atoms with Crippen molar-refractivity contribution in [3.63, 3.8) is 0 Å². The van der Waals surface area contributed by atoms with Crippen LogP contribution in [0.1, 0.15) is 176 Å².